The first-order valence-corrected chi connectivity index (χ1v) is 10.2. The minimum Gasteiger partial charge on any atom is -0.497 e. The molecule has 0 spiro atoms. The zero-order valence-corrected chi connectivity index (χ0v) is 15.7. The van der Waals surface area contributed by atoms with Crippen molar-refractivity contribution >= 4 is 21.8 Å². The number of aromatic nitrogens is 2. The second-order valence-electron chi connectivity index (χ2n) is 6.09. The molecule has 1 aromatic heterocycles. The Balaban J connectivity index is 1.47. The van der Waals surface area contributed by atoms with Crippen molar-refractivity contribution in [3.05, 3.63) is 30.2 Å². The highest BCUT2D eigenvalue weighted by molar-refractivity contribution is 7.91. The number of hydrogen-bond acceptors (Lipinski definition) is 8. The van der Waals surface area contributed by atoms with E-state index in [9.17, 15) is 13.2 Å². The zero-order valence-electron chi connectivity index (χ0n) is 14.9. The van der Waals surface area contributed by atoms with Crippen molar-refractivity contribution in [2.24, 2.45) is 0 Å². The van der Waals surface area contributed by atoms with Crippen molar-refractivity contribution in [2.45, 2.75) is 36.7 Å². The summed E-state index contributed by atoms with van der Waals surface area (Å²) < 4.78 is 40.4. The van der Waals surface area contributed by atoms with Crippen LogP contribution in [-0.4, -0.2) is 44.0 Å². The van der Waals surface area contributed by atoms with Gasteiger partial charge in [0, 0.05) is 13.0 Å². The van der Waals surface area contributed by atoms with E-state index in [1.165, 1.54) is 19.2 Å². The summed E-state index contributed by atoms with van der Waals surface area (Å²) in [7, 11) is -1.96. The molecule has 0 bridgehead atoms. The number of methoxy groups -OCH3 is 1. The van der Waals surface area contributed by atoms with Crippen LogP contribution in [0.25, 0.3) is 0 Å². The van der Waals surface area contributed by atoms with Crippen molar-refractivity contribution < 1.29 is 27.1 Å². The average Bonchev–Trinajstić information content (AvgIpc) is 3.33. The molecule has 9 nitrogen and oxygen atoms in total. The summed E-state index contributed by atoms with van der Waals surface area (Å²) in [5, 5.41) is 10.1. The van der Waals surface area contributed by atoms with Crippen LogP contribution in [0.3, 0.4) is 0 Å². The van der Waals surface area contributed by atoms with Crippen LogP contribution in [0.5, 0.6) is 5.75 Å². The van der Waals surface area contributed by atoms with Gasteiger partial charge in [0.1, 0.15) is 11.9 Å². The zero-order chi connectivity index (χ0) is 19.3. The fourth-order valence-corrected chi connectivity index (χ4v) is 4.00. The maximum absolute atomic E-state index is 12.3. The minimum atomic E-state index is -3.46. The molecule has 1 amide bonds. The molecule has 1 fully saturated rings. The molecule has 1 aliphatic rings. The first-order valence-electron chi connectivity index (χ1n) is 8.59. The van der Waals surface area contributed by atoms with E-state index in [4.69, 9.17) is 13.9 Å². The molecular formula is C17H21N3O6S. The highest BCUT2D eigenvalue weighted by atomic mass is 32.2. The summed E-state index contributed by atoms with van der Waals surface area (Å²) in [6.07, 6.45) is 1.70. The Labute approximate surface area is 157 Å². The molecule has 10 heteroatoms. The lowest BCUT2D eigenvalue weighted by Crippen LogP contribution is -2.14. The van der Waals surface area contributed by atoms with E-state index in [1.54, 1.807) is 12.1 Å². The molecule has 0 unspecified atom stereocenters. The quantitative estimate of drug-likeness (QED) is 0.721. The van der Waals surface area contributed by atoms with Crippen LogP contribution in [0.2, 0.25) is 0 Å². The van der Waals surface area contributed by atoms with Crippen LogP contribution in [0.1, 0.15) is 37.7 Å². The van der Waals surface area contributed by atoms with E-state index in [2.05, 4.69) is 15.5 Å². The molecule has 0 saturated carbocycles. The van der Waals surface area contributed by atoms with Crippen LogP contribution in [0.15, 0.2) is 33.6 Å². The van der Waals surface area contributed by atoms with E-state index in [0.717, 1.165) is 12.8 Å². The Bertz CT molecular complexity index is 872. The summed E-state index contributed by atoms with van der Waals surface area (Å²) in [5.41, 5.74) is 0. The Morgan fingerprint density at radius 1 is 1.30 bits per heavy atom. The van der Waals surface area contributed by atoms with Crippen LogP contribution in [-0.2, 0) is 19.4 Å². The number of amides is 1. The smallest absolute Gasteiger partial charge is 0.322 e. The SMILES string of the molecule is COc1ccc(S(=O)(=O)CCCC(=O)Nc2nnc([C@@H]3CCCO3)o2)cc1. The second kappa shape index (κ2) is 8.49. The predicted octanol–water partition coefficient (Wildman–Crippen LogP) is 2.12. The summed E-state index contributed by atoms with van der Waals surface area (Å²) >= 11 is 0. The monoisotopic (exact) mass is 395 g/mol. The molecular weight excluding hydrogens is 374 g/mol. The van der Waals surface area contributed by atoms with Gasteiger partial charge in [0.15, 0.2) is 9.84 Å². The molecule has 1 N–H and O–H groups in total. The average molecular weight is 395 g/mol. The number of hydrogen-bond donors (Lipinski definition) is 1. The van der Waals surface area contributed by atoms with Gasteiger partial charge in [-0.2, -0.15) is 0 Å². The van der Waals surface area contributed by atoms with Gasteiger partial charge in [-0.1, -0.05) is 5.10 Å². The molecule has 0 radical (unpaired) electrons. The lowest BCUT2D eigenvalue weighted by Gasteiger charge is -2.06. The minimum absolute atomic E-state index is 0.0106. The number of carbonyl (C=O) groups is 1. The van der Waals surface area contributed by atoms with Crippen molar-refractivity contribution in [3.8, 4) is 5.75 Å². The fraction of sp³-hybridized carbons (Fsp3) is 0.471. The van der Waals surface area contributed by atoms with E-state index in [0.29, 0.717) is 18.2 Å². The predicted molar refractivity (Wildman–Crippen MR) is 95.1 cm³/mol. The van der Waals surface area contributed by atoms with Gasteiger partial charge in [0.2, 0.25) is 11.8 Å². The maximum atomic E-state index is 12.3. The highest BCUT2D eigenvalue weighted by Crippen LogP contribution is 2.28. The summed E-state index contributed by atoms with van der Waals surface area (Å²) in [6, 6.07) is 6.13. The molecule has 1 saturated heterocycles. The van der Waals surface area contributed by atoms with Gasteiger partial charge >= 0.3 is 6.01 Å². The van der Waals surface area contributed by atoms with Gasteiger partial charge < -0.3 is 13.9 Å². The maximum Gasteiger partial charge on any atom is 0.322 e. The van der Waals surface area contributed by atoms with Crippen molar-refractivity contribution in [2.75, 3.05) is 24.8 Å². The van der Waals surface area contributed by atoms with E-state index in [1.807, 2.05) is 0 Å². The van der Waals surface area contributed by atoms with Crippen molar-refractivity contribution in [1.29, 1.82) is 0 Å². The first-order chi connectivity index (χ1) is 13.0. The summed E-state index contributed by atoms with van der Waals surface area (Å²) in [4.78, 5) is 12.2. The van der Waals surface area contributed by atoms with Crippen LogP contribution in [0, 0.1) is 0 Å². The number of rotatable bonds is 8. The Morgan fingerprint density at radius 3 is 2.74 bits per heavy atom. The van der Waals surface area contributed by atoms with Gasteiger partial charge in [0.05, 0.1) is 17.8 Å². The standard InChI is InChI=1S/C17H21N3O6S/c1-24-12-6-8-13(9-7-12)27(22,23)11-3-5-15(21)18-17-20-19-16(26-17)14-4-2-10-25-14/h6-9,14H,2-5,10-11H2,1H3,(H,18,20,21)/t14-/m0/s1. The molecule has 2 aromatic rings. The number of carbonyl (C=O) groups excluding carboxylic acids is 1. The van der Waals surface area contributed by atoms with Gasteiger partial charge in [-0.25, -0.2) is 8.42 Å². The van der Waals surface area contributed by atoms with E-state index in [-0.39, 0.29) is 41.5 Å². The Hall–Kier alpha value is -2.46. The van der Waals surface area contributed by atoms with Gasteiger partial charge in [-0.05, 0) is 43.5 Å². The second-order valence-corrected chi connectivity index (χ2v) is 8.20. The third-order valence-electron chi connectivity index (χ3n) is 4.13. The third-order valence-corrected chi connectivity index (χ3v) is 5.94. The molecule has 3 rings (SSSR count). The lowest BCUT2D eigenvalue weighted by atomic mass is 10.2. The number of ether oxygens (including phenoxy) is 2. The van der Waals surface area contributed by atoms with Crippen LogP contribution < -0.4 is 10.1 Å². The molecule has 1 aromatic carbocycles. The Kier molecular flexibility index (Phi) is 6.07. The number of sulfone groups is 1. The van der Waals surface area contributed by atoms with Crippen molar-refractivity contribution in [3.63, 3.8) is 0 Å². The lowest BCUT2D eigenvalue weighted by molar-refractivity contribution is -0.116. The summed E-state index contributed by atoms with van der Waals surface area (Å²) in [5.74, 6) is 0.389. The van der Waals surface area contributed by atoms with Gasteiger partial charge in [0.25, 0.3) is 0 Å². The fourth-order valence-electron chi connectivity index (χ4n) is 2.69. The first kappa shape index (κ1) is 19.3. The van der Waals surface area contributed by atoms with E-state index >= 15 is 0 Å². The van der Waals surface area contributed by atoms with Gasteiger partial charge in [-0.15, -0.1) is 5.10 Å². The number of nitrogens with zero attached hydrogens (tertiary/aromatic N) is 2. The molecule has 0 aliphatic carbocycles. The molecule has 2 heterocycles. The third kappa shape index (κ3) is 5.04. The van der Waals surface area contributed by atoms with E-state index < -0.39 is 9.84 Å². The number of benzene rings is 1. The largest absolute Gasteiger partial charge is 0.497 e. The van der Waals surface area contributed by atoms with Gasteiger partial charge in [-0.3, -0.25) is 10.1 Å². The number of nitrogens with one attached hydrogen (secondary N) is 1. The van der Waals surface area contributed by atoms with Crippen LogP contribution >= 0.6 is 0 Å². The molecule has 146 valence electrons. The molecule has 1 aliphatic heterocycles. The summed E-state index contributed by atoms with van der Waals surface area (Å²) in [6.45, 7) is 0.650. The molecule has 1 atom stereocenters. The topological polar surface area (TPSA) is 121 Å². The number of anilines is 1. The molecule has 27 heavy (non-hydrogen) atoms. The normalized spacial score (nSPS) is 17.0. The Morgan fingerprint density at radius 2 is 2.07 bits per heavy atom. The van der Waals surface area contributed by atoms with Crippen LogP contribution in [0.4, 0.5) is 6.01 Å². The highest BCUT2D eigenvalue weighted by Gasteiger charge is 2.24. The van der Waals surface area contributed by atoms with Crippen molar-refractivity contribution in [1.82, 2.24) is 10.2 Å².